The summed E-state index contributed by atoms with van der Waals surface area (Å²) in [5.74, 6) is 0.547. The molecule has 0 atom stereocenters. The van der Waals surface area contributed by atoms with E-state index in [0.717, 1.165) is 36.7 Å². The quantitative estimate of drug-likeness (QED) is 0.579. The molecule has 0 saturated carbocycles. The van der Waals surface area contributed by atoms with Crippen molar-refractivity contribution >= 4 is 17.3 Å². The van der Waals surface area contributed by atoms with E-state index < -0.39 is 0 Å². The van der Waals surface area contributed by atoms with Crippen molar-refractivity contribution < 1.29 is 4.79 Å². The summed E-state index contributed by atoms with van der Waals surface area (Å²) in [4.78, 5) is 19.6. The third-order valence-corrected chi connectivity index (χ3v) is 5.98. The predicted molar refractivity (Wildman–Crippen MR) is 127 cm³/mol. The fraction of sp³-hybridized carbons (Fsp3) is 0.269. The number of benzene rings is 2. The molecule has 1 aliphatic rings. The van der Waals surface area contributed by atoms with E-state index in [9.17, 15) is 10.1 Å². The molecule has 0 aliphatic carbocycles. The number of anilines is 2. The molecule has 32 heavy (non-hydrogen) atoms. The molecule has 162 valence electrons. The molecular weight excluding hydrogens is 398 g/mol. The lowest BCUT2D eigenvalue weighted by atomic mass is 9.98. The van der Waals surface area contributed by atoms with Gasteiger partial charge in [0, 0.05) is 23.9 Å². The van der Waals surface area contributed by atoms with Crippen LogP contribution in [0.3, 0.4) is 0 Å². The molecular formula is C26H27N5O. The molecule has 3 N–H and O–H groups in total. The number of amides is 1. The number of para-hydroxylation sites is 2. The maximum atomic E-state index is 12.6. The Balaban J connectivity index is 1.48. The van der Waals surface area contributed by atoms with Gasteiger partial charge in [-0.1, -0.05) is 31.2 Å². The van der Waals surface area contributed by atoms with E-state index in [-0.39, 0.29) is 5.91 Å². The van der Waals surface area contributed by atoms with Crippen molar-refractivity contribution in [3.63, 3.8) is 0 Å². The van der Waals surface area contributed by atoms with Gasteiger partial charge in [-0.15, -0.1) is 0 Å². The van der Waals surface area contributed by atoms with Crippen LogP contribution in [0.5, 0.6) is 0 Å². The Bertz CT molecular complexity index is 1140. The van der Waals surface area contributed by atoms with E-state index in [1.54, 1.807) is 24.3 Å². The first kappa shape index (κ1) is 21.5. The van der Waals surface area contributed by atoms with E-state index in [1.807, 2.05) is 36.5 Å². The van der Waals surface area contributed by atoms with Gasteiger partial charge in [0.25, 0.3) is 5.91 Å². The number of hydrogen-bond acceptors (Lipinski definition) is 5. The first-order valence-electron chi connectivity index (χ1n) is 10.9. The van der Waals surface area contributed by atoms with Crippen molar-refractivity contribution in [1.82, 2.24) is 9.88 Å². The molecule has 6 nitrogen and oxygen atoms in total. The summed E-state index contributed by atoms with van der Waals surface area (Å²) >= 11 is 0. The zero-order chi connectivity index (χ0) is 22.5. The van der Waals surface area contributed by atoms with Gasteiger partial charge in [-0.2, -0.15) is 5.26 Å². The number of aromatic nitrogens is 1. The largest absolute Gasteiger partial charge is 0.397 e. The number of nitriles is 1. The lowest BCUT2D eigenvalue weighted by molar-refractivity contribution is 0.102. The summed E-state index contributed by atoms with van der Waals surface area (Å²) in [6.07, 6.45) is 4.29. The summed E-state index contributed by atoms with van der Waals surface area (Å²) in [7, 11) is 0. The number of piperidine rings is 1. The van der Waals surface area contributed by atoms with Crippen LogP contribution < -0.4 is 11.1 Å². The van der Waals surface area contributed by atoms with Crippen LogP contribution in [0.4, 0.5) is 11.4 Å². The highest BCUT2D eigenvalue weighted by atomic mass is 16.1. The number of likely N-dealkylation sites (tertiary alicyclic amines) is 1. The SMILES string of the molecule is CC1CCN(Cc2cnc(-c3ccc(C(=O)Nc4ccccc4N)cc3)c(C#N)c2)CC1. The monoisotopic (exact) mass is 425 g/mol. The average molecular weight is 426 g/mol. The van der Waals surface area contributed by atoms with Crippen LogP contribution in [0.1, 0.15) is 41.3 Å². The van der Waals surface area contributed by atoms with E-state index in [2.05, 4.69) is 28.2 Å². The Kier molecular flexibility index (Phi) is 6.48. The van der Waals surface area contributed by atoms with Gasteiger partial charge < -0.3 is 11.1 Å². The third kappa shape index (κ3) is 4.96. The number of nitrogens with one attached hydrogen (secondary N) is 1. The number of hydrogen-bond donors (Lipinski definition) is 2. The van der Waals surface area contributed by atoms with Crippen LogP contribution >= 0.6 is 0 Å². The zero-order valence-electron chi connectivity index (χ0n) is 18.2. The van der Waals surface area contributed by atoms with Gasteiger partial charge in [-0.3, -0.25) is 14.7 Å². The molecule has 1 saturated heterocycles. The highest BCUT2D eigenvalue weighted by Crippen LogP contribution is 2.25. The average Bonchev–Trinajstić information content (AvgIpc) is 2.82. The predicted octanol–water partition coefficient (Wildman–Crippen LogP) is 4.69. The normalized spacial score (nSPS) is 14.6. The van der Waals surface area contributed by atoms with Gasteiger partial charge in [0.05, 0.1) is 22.6 Å². The van der Waals surface area contributed by atoms with Crippen molar-refractivity contribution in [2.45, 2.75) is 26.3 Å². The van der Waals surface area contributed by atoms with E-state index >= 15 is 0 Å². The maximum Gasteiger partial charge on any atom is 0.255 e. The van der Waals surface area contributed by atoms with E-state index in [4.69, 9.17) is 5.73 Å². The number of carbonyl (C=O) groups excluding carboxylic acids is 1. The molecule has 4 rings (SSSR count). The summed E-state index contributed by atoms with van der Waals surface area (Å²) < 4.78 is 0. The molecule has 1 amide bonds. The van der Waals surface area contributed by atoms with Crippen LogP contribution in [0, 0.1) is 17.2 Å². The van der Waals surface area contributed by atoms with Gasteiger partial charge in [-0.05, 0) is 67.7 Å². The summed E-state index contributed by atoms with van der Waals surface area (Å²) in [6, 6.07) is 18.4. The highest BCUT2D eigenvalue weighted by Gasteiger charge is 2.17. The zero-order valence-corrected chi connectivity index (χ0v) is 18.2. The van der Waals surface area contributed by atoms with Crippen LogP contribution in [-0.2, 0) is 6.54 Å². The van der Waals surface area contributed by atoms with Gasteiger partial charge in [0.15, 0.2) is 0 Å². The second-order valence-corrected chi connectivity index (χ2v) is 8.43. The number of pyridine rings is 1. The standard InChI is InChI=1S/C26H27N5O/c1-18-10-12-31(13-11-18)17-19-14-22(15-27)25(29-16-19)20-6-8-21(9-7-20)26(32)30-24-5-3-2-4-23(24)28/h2-9,14,16,18H,10-13,17,28H2,1H3,(H,30,32). The minimum Gasteiger partial charge on any atom is -0.397 e. The van der Waals surface area contributed by atoms with Crippen molar-refractivity contribution in [3.05, 3.63) is 77.5 Å². The van der Waals surface area contributed by atoms with Crippen LogP contribution in [-0.4, -0.2) is 28.9 Å². The second-order valence-electron chi connectivity index (χ2n) is 8.43. The lowest BCUT2D eigenvalue weighted by Crippen LogP contribution is -2.32. The minimum atomic E-state index is -0.242. The maximum absolute atomic E-state index is 12.6. The van der Waals surface area contributed by atoms with Gasteiger partial charge in [0.1, 0.15) is 6.07 Å². The number of carbonyl (C=O) groups is 1. The van der Waals surface area contributed by atoms with Crippen LogP contribution in [0.2, 0.25) is 0 Å². The van der Waals surface area contributed by atoms with E-state index in [1.165, 1.54) is 12.8 Å². The molecule has 3 aromatic rings. The number of rotatable bonds is 5. The Labute approximate surface area is 188 Å². The van der Waals surface area contributed by atoms with Gasteiger partial charge >= 0.3 is 0 Å². The molecule has 0 unspecified atom stereocenters. The van der Waals surface area contributed by atoms with Crippen molar-refractivity contribution in [2.75, 3.05) is 24.1 Å². The Hall–Kier alpha value is -3.69. The molecule has 6 heteroatoms. The van der Waals surface area contributed by atoms with Crippen LogP contribution in [0.15, 0.2) is 60.8 Å². The Morgan fingerprint density at radius 2 is 1.91 bits per heavy atom. The number of nitrogens with two attached hydrogens (primary N) is 1. The fourth-order valence-electron chi connectivity index (χ4n) is 3.97. The molecule has 1 aliphatic heterocycles. The lowest BCUT2D eigenvalue weighted by Gasteiger charge is -2.30. The summed E-state index contributed by atoms with van der Waals surface area (Å²) in [5, 5.41) is 12.5. The second kappa shape index (κ2) is 9.63. The van der Waals surface area contributed by atoms with Crippen molar-refractivity contribution in [1.29, 1.82) is 5.26 Å². The first-order chi connectivity index (χ1) is 15.5. The van der Waals surface area contributed by atoms with Gasteiger partial charge in [-0.25, -0.2) is 0 Å². The van der Waals surface area contributed by atoms with Crippen molar-refractivity contribution in [2.24, 2.45) is 5.92 Å². The summed E-state index contributed by atoms with van der Waals surface area (Å²) in [5.41, 5.74) is 10.5. The Morgan fingerprint density at radius 3 is 2.59 bits per heavy atom. The molecule has 1 fully saturated rings. The molecule has 0 spiro atoms. The smallest absolute Gasteiger partial charge is 0.255 e. The topological polar surface area (TPSA) is 95.0 Å². The van der Waals surface area contributed by atoms with Crippen molar-refractivity contribution in [3.8, 4) is 17.3 Å². The van der Waals surface area contributed by atoms with E-state index in [0.29, 0.717) is 28.2 Å². The molecule has 0 bridgehead atoms. The number of nitrogen functional groups attached to an aromatic ring is 1. The third-order valence-electron chi connectivity index (χ3n) is 5.98. The first-order valence-corrected chi connectivity index (χ1v) is 10.9. The molecule has 0 radical (unpaired) electrons. The van der Waals surface area contributed by atoms with Crippen LogP contribution in [0.25, 0.3) is 11.3 Å². The highest BCUT2D eigenvalue weighted by molar-refractivity contribution is 6.05. The number of nitrogens with zero attached hydrogens (tertiary/aromatic N) is 3. The Morgan fingerprint density at radius 1 is 1.19 bits per heavy atom. The minimum absolute atomic E-state index is 0.242. The summed E-state index contributed by atoms with van der Waals surface area (Å²) in [6.45, 7) is 5.29. The van der Waals surface area contributed by atoms with Gasteiger partial charge in [0.2, 0.25) is 0 Å². The fourth-order valence-corrected chi connectivity index (χ4v) is 3.97. The molecule has 2 heterocycles. The molecule has 2 aromatic carbocycles. The molecule has 1 aromatic heterocycles.